The maximum atomic E-state index is 10.0. The molecule has 0 saturated heterocycles. The minimum Gasteiger partial charge on any atom is -0.392 e. The summed E-state index contributed by atoms with van der Waals surface area (Å²) in [5.41, 5.74) is 0. The summed E-state index contributed by atoms with van der Waals surface area (Å²) in [6.45, 7) is 0.837. The lowest BCUT2D eigenvalue weighted by atomic mass is 9.84. The van der Waals surface area contributed by atoms with Crippen LogP contribution in [-0.4, -0.2) is 49.0 Å². The van der Waals surface area contributed by atoms with Gasteiger partial charge in [-0.2, -0.15) is 0 Å². The second-order valence-electron chi connectivity index (χ2n) is 5.77. The molecule has 0 spiro atoms. The van der Waals surface area contributed by atoms with Crippen molar-refractivity contribution in [1.29, 1.82) is 0 Å². The lowest BCUT2D eigenvalue weighted by Crippen LogP contribution is -2.44. The van der Waals surface area contributed by atoms with E-state index in [1.807, 2.05) is 7.05 Å². The van der Waals surface area contributed by atoms with Crippen molar-refractivity contribution >= 4 is 6.21 Å². The van der Waals surface area contributed by atoms with Gasteiger partial charge in [0.15, 0.2) is 0 Å². The van der Waals surface area contributed by atoms with Gasteiger partial charge in [-0.1, -0.05) is 12.8 Å². The quantitative estimate of drug-likeness (QED) is 0.743. The first-order valence-electron chi connectivity index (χ1n) is 7.03. The van der Waals surface area contributed by atoms with E-state index in [1.165, 1.54) is 38.5 Å². The van der Waals surface area contributed by atoms with Crippen LogP contribution in [0.25, 0.3) is 0 Å². The molecule has 0 bridgehead atoms. The van der Waals surface area contributed by atoms with Gasteiger partial charge in [0, 0.05) is 31.8 Å². The molecule has 2 saturated carbocycles. The summed E-state index contributed by atoms with van der Waals surface area (Å²) in [6.07, 6.45) is 9.61. The SMILES string of the molecule is C/N=C/C1CCCC[C@@H]1N(C)CC(O)C1CC1. The van der Waals surface area contributed by atoms with Crippen LogP contribution in [0.3, 0.4) is 0 Å². The Morgan fingerprint density at radius 1 is 1.29 bits per heavy atom. The van der Waals surface area contributed by atoms with Crippen LogP contribution in [0.1, 0.15) is 38.5 Å². The molecular formula is C14H26N2O. The number of aliphatic hydroxyl groups is 1. The van der Waals surface area contributed by atoms with Crippen LogP contribution in [-0.2, 0) is 0 Å². The van der Waals surface area contributed by atoms with Gasteiger partial charge < -0.3 is 15.0 Å². The zero-order valence-corrected chi connectivity index (χ0v) is 11.2. The third kappa shape index (κ3) is 3.52. The molecule has 3 atom stereocenters. The predicted molar refractivity (Wildman–Crippen MR) is 71.5 cm³/mol. The number of aliphatic imine (C=N–C) groups is 1. The summed E-state index contributed by atoms with van der Waals surface area (Å²) >= 11 is 0. The van der Waals surface area contributed by atoms with E-state index in [2.05, 4.69) is 23.2 Å². The zero-order valence-electron chi connectivity index (χ0n) is 11.2. The fraction of sp³-hybridized carbons (Fsp3) is 0.929. The number of aliphatic hydroxyl groups excluding tert-OH is 1. The van der Waals surface area contributed by atoms with Crippen molar-refractivity contribution in [3.8, 4) is 0 Å². The molecule has 0 radical (unpaired) electrons. The first-order chi connectivity index (χ1) is 8.22. The Labute approximate surface area is 105 Å². The fourth-order valence-corrected chi connectivity index (χ4v) is 3.11. The molecule has 2 rings (SSSR count). The average molecular weight is 238 g/mol. The van der Waals surface area contributed by atoms with E-state index in [9.17, 15) is 5.11 Å². The second kappa shape index (κ2) is 5.96. The van der Waals surface area contributed by atoms with E-state index < -0.39 is 0 Å². The normalized spacial score (nSPS) is 32.2. The van der Waals surface area contributed by atoms with Gasteiger partial charge in [-0.05, 0) is 38.6 Å². The third-order valence-corrected chi connectivity index (χ3v) is 4.33. The molecule has 2 fully saturated rings. The number of nitrogens with zero attached hydrogens (tertiary/aromatic N) is 2. The summed E-state index contributed by atoms with van der Waals surface area (Å²) in [5, 5.41) is 10.0. The summed E-state index contributed by atoms with van der Waals surface area (Å²) in [4.78, 5) is 6.57. The van der Waals surface area contributed by atoms with Gasteiger partial charge in [-0.3, -0.25) is 0 Å². The highest BCUT2D eigenvalue weighted by Gasteiger charge is 2.33. The van der Waals surface area contributed by atoms with E-state index in [0.29, 0.717) is 17.9 Å². The van der Waals surface area contributed by atoms with E-state index in [-0.39, 0.29) is 6.10 Å². The van der Waals surface area contributed by atoms with Crippen molar-refractivity contribution in [1.82, 2.24) is 4.90 Å². The summed E-state index contributed by atoms with van der Waals surface area (Å²) < 4.78 is 0. The molecule has 17 heavy (non-hydrogen) atoms. The Bertz CT molecular complexity index is 263. The van der Waals surface area contributed by atoms with Gasteiger partial charge in [0.2, 0.25) is 0 Å². The maximum Gasteiger partial charge on any atom is 0.0695 e. The lowest BCUT2D eigenvalue weighted by Gasteiger charge is -2.37. The van der Waals surface area contributed by atoms with Crippen molar-refractivity contribution in [2.24, 2.45) is 16.8 Å². The molecule has 0 heterocycles. The summed E-state index contributed by atoms with van der Waals surface area (Å²) in [7, 11) is 4.03. The van der Waals surface area contributed by atoms with E-state index >= 15 is 0 Å². The van der Waals surface area contributed by atoms with Gasteiger partial charge in [-0.15, -0.1) is 0 Å². The Kier molecular flexibility index (Phi) is 4.57. The highest BCUT2D eigenvalue weighted by Crippen LogP contribution is 2.34. The molecule has 0 aliphatic heterocycles. The van der Waals surface area contributed by atoms with Crippen molar-refractivity contribution in [2.45, 2.75) is 50.7 Å². The predicted octanol–water partition coefficient (Wildman–Crippen LogP) is 1.95. The minimum absolute atomic E-state index is 0.110. The maximum absolute atomic E-state index is 10.0. The number of rotatable bonds is 5. The lowest BCUT2D eigenvalue weighted by molar-refractivity contribution is 0.0691. The summed E-state index contributed by atoms with van der Waals surface area (Å²) in [6, 6.07) is 0.584. The monoisotopic (exact) mass is 238 g/mol. The molecular weight excluding hydrogens is 212 g/mol. The highest BCUT2D eigenvalue weighted by atomic mass is 16.3. The molecule has 1 N–H and O–H groups in total. The van der Waals surface area contributed by atoms with Crippen LogP contribution < -0.4 is 0 Å². The van der Waals surface area contributed by atoms with E-state index in [4.69, 9.17) is 0 Å². The van der Waals surface area contributed by atoms with Crippen LogP contribution in [0.4, 0.5) is 0 Å². The molecule has 2 aliphatic rings. The summed E-state index contributed by atoms with van der Waals surface area (Å²) in [5.74, 6) is 1.17. The van der Waals surface area contributed by atoms with Crippen molar-refractivity contribution < 1.29 is 5.11 Å². The van der Waals surface area contributed by atoms with Crippen LogP contribution in [0.2, 0.25) is 0 Å². The number of hydrogen-bond donors (Lipinski definition) is 1. The van der Waals surface area contributed by atoms with Crippen molar-refractivity contribution in [3.63, 3.8) is 0 Å². The van der Waals surface area contributed by atoms with E-state index in [1.54, 1.807) is 0 Å². The Balaban J connectivity index is 1.87. The standard InChI is InChI=1S/C14H26N2O/c1-15-9-12-5-3-4-6-13(12)16(2)10-14(17)11-7-8-11/h9,11-14,17H,3-8,10H2,1-2H3/b15-9+/t12?,13-,14?/m0/s1. The first-order valence-corrected chi connectivity index (χ1v) is 7.03. The van der Waals surface area contributed by atoms with Crippen LogP contribution in [0, 0.1) is 11.8 Å². The van der Waals surface area contributed by atoms with Crippen LogP contribution in [0.5, 0.6) is 0 Å². The molecule has 2 aliphatic carbocycles. The first kappa shape index (κ1) is 13.0. The Hall–Kier alpha value is -0.410. The number of hydrogen-bond acceptors (Lipinski definition) is 3. The van der Waals surface area contributed by atoms with E-state index in [0.717, 1.165) is 6.54 Å². The smallest absolute Gasteiger partial charge is 0.0695 e. The topological polar surface area (TPSA) is 35.8 Å². The average Bonchev–Trinajstić information content (AvgIpc) is 3.13. The molecule has 0 aromatic carbocycles. The third-order valence-electron chi connectivity index (χ3n) is 4.33. The van der Waals surface area contributed by atoms with Crippen molar-refractivity contribution in [2.75, 3.05) is 20.6 Å². The Morgan fingerprint density at radius 3 is 2.65 bits per heavy atom. The molecule has 98 valence electrons. The van der Waals surface area contributed by atoms with Gasteiger partial charge in [0.1, 0.15) is 0 Å². The molecule has 0 aromatic heterocycles. The number of likely N-dealkylation sites (N-methyl/N-ethyl adjacent to an activating group) is 1. The van der Waals surface area contributed by atoms with Gasteiger partial charge >= 0.3 is 0 Å². The largest absolute Gasteiger partial charge is 0.392 e. The van der Waals surface area contributed by atoms with Crippen LogP contribution >= 0.6 is 0 Å². The second-order valence-corrected chi connectivity index (χ2v) is 5.77. The van der Waals surface area contributed by atoms with Crippen molar-refractivity contribution in [3.05, 3.63) is 0 Å². The zero-order chi connectivity index (χ0) is 12.3. The van der Waals surface area contributed by atoms with Gasteiger partial charge in [-0.25, -0.2) is 0 Å². The molecule has 0 aromatic rings. The van der Waals surface area contributed by atoms with Crippen LogP contribution in [0.15, 0.2) is 4.99 Å². The van der Waals surface area contributed by atoms with Gasteiger partial charge in [0.05, 0.1) is 6.10 Å². The molecule has 3 nitrogen and oxygen atoms in total. The molecule has 3 heteroatoms. The van der Waals surface area contributed by atoms with Gasteiger partial charge in [0.25, 0.3) is 0 Å². The fourth-order valence-electron chi connectivity index (χ4n) is 3.11. The Morgan fingerprint density at radius 2 is 2.00 bits per heavy atom. The highest BCUT2D eigenvalue weighted by molar-refractivity contribution is 5.61. The molecule has 0 amide bonds. The minimum atomic E-state index is -0.110. The molecule has 2 unspecified atom stereocenters.